The zero-order valence-electron chi connectivity index (χ0n) is 21.1. The molecule has 33 heavy (non-hydrogen) atoms. The van der Waals surface area contributed by atoms with Gasteiger partial charge in [-0.2, -0.15) is 0 Å². The van der Waals surface area contributed by atoms with E-state index in [1.165, 1.54) is 44.6 Å². The molecule has 0 fully saturated rings. The third-order valence-electron chi connectivity index (χ3n) is 7.49. The van der Waals surface area contributed by atoms with E-state index >= 15 is 0 Å². The molecule has 170 valence electrons. The Kier molecular flexibility index (Phi) is 5.23. The second-order valence-electron chi connectivity index (χ2n) is 11.0. The molecular weight excluding hydrogens is 400 g/mol. The minimum Gasteiger partial charge on any atom is -0.299 e. The Morgan fingerprint density at radius 2 is 1.79 bits per heavy atom. The summed E-state index contributed by atoms with van der Waals surface area (Å²) in [5.41, 5.74) is 11.1. The molecule has 3 aromatic rings. The van der Waals surface area contributed by atoms with Gasteiger partial charge in [-0.25, -0.2) is 4.98 Å². The normalized spacial score (nSPS) is 18.6. The van der Waals surface area contributed by atoms with Crippen LogP contribution in [0.25, 0.3) is 22.4 Å². The second kappa shape index (κ2) is 7.87. The maximum absolute atomic E-state index is 4.86. The van der Waals surface area contributed by atoms with Gasteiger partial charge in [0.2, 0.25) is 0 Å². The van der Waals surface area contributed by atoms with Crippen LogP contribution in [0.1, 0.15) is 94.8 Å². The van der Waals surface area contributed by atoms with Gasteiger partial charge in [0.15, 0.2) is 0 Å². The number of benzene rings is 2. The summed E-state index contributed by atoms with van der Waals surface area (Å²) >= 11 is 0. The summed E-state index contributed by atoms with van der Waals surface area (Å²) in [6.45, 7) is 16.4. The molecule has 0 spiro atoms. The summed E-state index contributed by atoms with van der Waals surface area (Å²) in [7, 11) is 0. The molecule has 1 aromatic heterocycles. The fraction of sp³-hybridized carbons (Fsp3) is 0.387. The number of aromatic nitrogens is 2. The molecule has 1 heterocycles. The third-order valence-corrected chi connectivity index (χ3v) is 7.49. The minimum absolute atomic E-state index is 0.0327. The lowest BCUT2D eigenvalue weighted by atomic mass is 9.76. The third kappa shape index (κ3) is 3.34. The van der Waals surface area contributed by atoms with Crippen LogP contribution in [0, 0.1) is 5.92 Å². The Morgan fingerprint density at radius 1 is 1.03 bits per heavy atom. The van der Waals surface area contributed by atoms with Crippen LogP contribution in [-0.2, 0) is 5.41 Å². The number of hydrogen-bond donors (Lipinski definition) is 0. The Bertz CT molecular complexity index is 1280. The van der Waals surface area contributed by atoms with E-state index in [1.807, 2.05) is 6.20 Å². The summed E-state index contributed by atoms with van der Waals surface area (Å²) in [5, 5.41) is 0. The molecule has 2 nitrogen and oxygen atoms in total. The van der Waals surface area contributed by atoms with Crippen molar-refractivity contribution in [2.24, 2.45) is 5.92 Å². The lowest BCUT2D eigenvalue weighted by Crippen LogP contribution is -2.21. The van der Waals surface area contributed by atoms with Gasteiger partial charge < -0.3 is 0 Å². The summed E-state index contributed by atoms with van der Waals surface area (Å²) < 4.78 is 2.37. The maximum Gasteiger partial charge on any atom is 0.144 e. The molecule has 0 radical (unpaired) electrons. The molecule has 2 aromatic carbocycles. The van der Waals surface area contributed by atoms with Crippen LogP contribution in [-0.4, -0.2) is 9.55 Å². The van der Waals surface area contributed by atoms with Crippen molar-refractivity contribution in [2.75, 3.05) is 0 Å². The molecule has 1 unspecified atom stereocenters. The molecule has 0 saturated heterocycles. The highest BCUT2D eigenvalue weighted by molar-refractivity contribution is 5.85. The van der Waals surface area contributed by atoms with E-state index in [-0.39, 0.29) is 5.41 Å². The van der Waals surface area contributed by atoms with E-state index in [0.29, 0.717) is 17.8 Å². The Balaban J connectivity index is 1.86. The predicted octanol–water partition coefficient (Wildman–Crippen LogP) is 8.40. The molecule has 0 N–H and O–H groups in total. The predicted molar refractivity (Wildman–Crippen MR) is 140 cm³/mol. The zero-order chi connectivity index (χ0) is 23.5. The van der Waals surface area contributed by atoms with Crippen LogP contribution in [0.5, 0.6) is 0 Å². The topological polar surface area (TPSA) is 17.8 Å². The Hall–Kier alpha value is -2.87. The quantitative estimate of drug-likeness (QED) is 0.401. The SMILES string of the molecule is CC1C=C(c2nccn2-c2c(C(C)C)cc3c(c2C(C)C)C(C)(C)c2ccccc2-3)C=CC1. The summed E-state index contributed by atoms with van der Waals surface area (Å²) in [6, 6.07) is 11.5. The van der Waals surface area contributed by atoms with Crippen molar-refractivity contribution in [1.82, 2.24) is 9.55 Å². The van der Waals surface area contributed by atoms with Gasteiger partial charge in [0.1, 0.15) is 5.82 Å². The van der Waals surface area contributed by atoms with Gasteiger partial charge in [-0.3, -0.25) is 4.57 Å². The van der Waals surface area contributed by atoms with Crippen LogP contribution in [0.4, 0.5) is 0 Å². The van der Waals surface area contributed by atoms with Crippen molar-refractivity contribution in [3.8, 4) is 16.8 Å². The minimum atomic E-state index is -0.0327. The largest absolute Gasteiger partial charge is 0.299 e. The highest BCUT2D eigenvalue weighted by Crippen LogP contribution is 2.54. The van der Waals surface area contributed by atoms with Gasteiger partial charge in [-0.15, -0.1) is 0 Å². The van der Waals surface area contributed by atoms with Gasteiger partial charge in [0.05, 0.1) is 5.69 Å². The standard InChI is InChI=1S/C31H36N2/c1-19(2)24-18-25-23-13-8-9-14-26(23)31(6,7)28(25)27(20(3)4)29(24)33-16-15-32-30(33)22-12-10-11-21(5)17-22/h8-10,12-21H,11H2,1-7H3. The van der Waals surface area contributed by atoms with Gasteiger partial charge in [-0.1, -0.05) is 91.0 Å². The van der Waals surface area contributed by atoms with Crippen molar-refractivity contribution >= 4 is 5.57 Å². The first-order valence-corrected chi connectivity index (χ1v) is 12.4. The van der Waals surface area contributed by atoms with E-state index in [4.69, 9.17) is 4.98 Å². The van der Waals surface area contributed by atoms with Gasteiger partial charge in [-0.05, 0) is 63.6 Å². The van der Waals surface area contributed by atoms with Crippen LogP contribution in [0.15, 0.2) is 61.0 Å². The van der Waals surface area contributed by atoms with E-state index in [9.17, 15) is 0 Å². The molecule has 2 heteroatoms. The first kappa shape index (κ1) is 21.9. The van der Waals surface area contributed by atoms with Crippen LogP contribution < -0.4 is 0 Å². The van der Waals surface area contributed by atoms with Gasteiger partial charge in [0.25, 0.3) is 0 Å². The lowest BCUT2D eigenvalue weighted by molar-refractivity contribution is 0.638. The number of nitrogens with zero attached hydrogens (tertiary/aromatic N) is 2. The molecular formula is C31H36N2. The molecule has 1 atom stereocenters. The maximum atomic E-state index is 4.86. The summed E-state index contributed by atoms with van der Waals surface area (Å²) in [5.74, 6) is 2.39. The average molecular weight is 437 g/mol. The van der Waals surface area contributed by atoms with E-state index in [0.717, 1.165) is 12.2 Å². The number of allylic oxidation sites excluding steroid dienone is 4. The van der Waals surface area contributed by atoms with E-state index in [2.05, 4.69) is 108 Å². The molecule has 0 amide bonds. The smallest absolute Gasteiger partial charge is 0.144 e. The molecule has 5 rings (SSSR count). The number of fused-ring (bicyclic) bond motifs is 3. The molecule has 2 aliphatic carbocycles. The molecule has 2 aliphatic rings. The average Bonchev–Trinajstić information content (AvgIpc) is 3.34. The van der Waals surface area contributed by atoms with E-state index in [1.54, 1.807) is 0 Å². The van der Waals surface area contributed by atoms with Crippen LogP contribution in [0.2, 0.25) is 0 Å². The first-order valence-electron chi connectivity index (χ1n) is 12.4. The number of imidazole rings is 1. The highest BCUT2D eigenvalue weighted by Gasteiger charge is 2.40. The molecule has 0 saturated carbocycles. The number of rotatable bonds is 4. The second-order valence-corrected chi connectivity index (χ2v) is 11.0. The molecule has 0 aliphatic heterocycles. The first-order chi connectivity index (χ1) is 15.7. The van der Waals surface area contributed by atoms with Crippen LogP contribution in [0.3, 0.4) is 0 Å². The van der Waals surface area contributed by atoms with Crippen molar-refractivity contribution in [1.29, 1.82) is 0 Å². The van der Waals surface area contributed by atoms with Crippen molar-refractivity contribution in [2.45, 2.75) is 72.1 Å². The fourth-order valence-electron chi connectivity index (χ4n) is 5.96. The van der Waals surface area contributed by atoms with Crippen molar-refractivity contribution < 1.29 is 0 Å². The zero-order valence-corrected chi connectivity index (χ0v) is 21.1. The van der Waals surface area contributed by atoms with Gasteiger partial charge >= 0.3 is 0 Å². The summed E-state index contributed by atoms with van der Waals surface area (Å²) in [6.07, 6.45) is 12.1. The van der Waals surface area contributed by atoms with Crippen LogP contribution >= 0.6 is 0 Å². The van der Waals surface area contributed by atoms with E-state index < -0.39 is 0 Å². The van der Waals surface area contributed by atoms with Gasteiger partial charge in [0, 0.05) is 23.4 Å². The lowest BCUT2D eigenvalue weighted by Gasteiger charge is -2.31. The Labute approximate surface area is 199 Å². The Morgan fingerprint density at radius 3 is 2.48 bits per heavy atom. The monoisotopic (exact) mass is 436 g/mol. The fourth-order valence-corrected chi connectivity index (χ4v) is 5.96. The number of hydrogen-bond acceptors (Lipinski definition) is 1. The van der Waals surface area contributed by atoms with Crippen molar-refractivity contribution in [3.63, 3.8) is 0 Å². The van der Waals surface area contributed by atoms with Crippen molar-refractivity contribution in [3.05, 3.63) is 89.0 Å². The highest BCUT2D eigenvalue weighted by atomic mass is 15.1. The molecule has 0 bridgehead atoms. The summed E-state index contributed by atoms with van der Waals surface area (Å²) in [4.78, 5) is 4.86.